The third-order valence-corrected chi connectivity index (χ3v) is 5.12. The number of hydrogen-bond donors (Lipinski definition) is 1. The summed E-state index contributed by atoms with van der Waals surface area (Å²) in [6.07, 6.45) is 4.65. The highest BCUT2D eigenvalue weighted by molar-refractivity contribution is 5.91. The second kappa shape index (κ2) is 9.95. The van der Waals surface area contributed by atoms with E-state index < -0.39 is 5.82 Å². The van der Waals surface area contributed by atoms with E-state index in [2.05, 4.69) is 20.2 Å². The molecule has 8 nitrogen and oxygen atoms in total. The number of guanidine groups is 1. The average Bonchev–Trinajstić information content (AvgIpc) is 3.37. The lowest BCUT2D eigenvalue weighted by Gasteiger charge is -2.36. The van der Waals surface area contributed by atoms with Crippen molar-refractivity contribution in [2.45, 2.75) is 6.54 Å². The molecule has 0 saturated carbocycles. The summed E-state index contributed by atoms with van der Waals surface area (Å²) >= 11 is 0. The molecule has 2 aromatic heterocycles. The maximum absolute atomic E-state index is 14.5. The third-order valence-electron chi connectivity index (χ3n) is 5.12. The summed E-state index contributed by atoms with van der Waals surface area (Å²) in [7, 11) is 1.70. The van der Waals surface area contributed by atoms with Gasteiger partial charge in [0.25, 0.3) is 5.91 Å². The van der Waals surface area contributed by atoms with Gasteiger partial charge >= 0.3 is 0 Å². The third kappa shape index (κ3) is 5.05. The van der Waals surface area contributed by atoms with Gasteiger partial charge in [0, 0.05) is 46.0 Å². The molecule has 0 spiro atoms. The van der Waals surface area contributed by atoms with Crippen LogP contribution in [-0.2, 0) is 6.54 Å². The van der Waals surface area contributed by atoms with Crippen molar-refractivity contribution >= 4 is 11.9 Å². The van der Waals surface area contributed by atoms with Gasteiger partial charge in [-0.15, -0.1) is 0 Å². The number of piperazine rings is 1. The zero-order valence-electron chi connectivity index (χ0n) is 17.7. The van der Waals surface area contributed by atoms with Crippen molar-refractivity contribution in [3.8, 4) is 11.5 Å². The fourth-order valence-electron chi connectivity index (χ4n) is 3.46. The van der Waals surface area contributed by atoms with E-state index in [-0.39, 0.29) is 11.7 Å². The van der Waals surface area contributed by atoms with Gasteiger partial charge in [-0.25, -0.2) is 4.39 Å². The minimum Gasteiger partial charge on any atom is -0.459 e. The zero-order valence-corrected chi connectivity index (χ0v) is 17.7. The highest BCUT2D eigenvalue weighted by atomic mass is 19.1. The van der Waals surface area contributed by atoms with Gasteiger partial charge in [0.1, 0.15) is 5.75 Å². The fraction of sp³-hybridized carbons (Fsp3) is 0.261. The normalized spacial score (nSPS) is 14.4. The molecule has 3 heterocycles. The first-order valence-electron chi connectivity index (χ1n) is 10.3. The Kier molecular flexibility index (Phi) is 6.64. The van der Waals surface area contributed by atoms with Gasteiger partial charge in [-0.2, -0.15) is 0 Å². The summed E-state index contributed by atoms with van der Waals surface area (Å²) in [6.45, 7) is 2.81. The quantitative estimate of drug-likeness (QED) is 0.488. The predicted molar refractivity (Wildman–Crippen MR) is 117 cm³/mol. The number of amides is 1. The lowest BCUT2D eigenvalue weighted by atomic mass is 10.2. The van der Waals surface area contributed by atoms with Gasteiger partial charge in [-0.3, -0.25) is 14.8 Å². The summed E-state index contributed by atoms with van der Waals surface area (Å²) in [6, 6.07) is 11.6. The molecule has 3 aromatic rings. The van der Waals surface area contributed by atoms with E-state index in [1.165, 1.54) is 18.5 Å². The smallest absolute Gasteiger partial charge is 0.289 e. The Morgan fingerprint density at radius 3 is 2.66 bits per heavy atom. The SMILES string of the molecule is CN=C(NCc1ccc(Oc2cccnc2)c(F)c1)N1CCN(C(=O)c2ccco2)CC1. The summed E-state index contributed by atoms with van der Waals surface area (Å²) in [4.78, 5) is 24.5. The van der Waals surface area contributed by atoms with Crippen molar-refractivity contribution in [3.63, 3.8) is 0 Å². The number of halogens is 1. The van der Waals surface area contributed by atoms with Crippen molar-refractivity contribution in [2.24, 2.45) is 4.99 Å². The molecule has 0 radical (unpaired) electrons. The Balaban J connectivity index is 1.30. The standard InChI is InChI=1S/C23H24FN5O3/c1-25-23(29-11-9-28(10-12-29)22(30)21-5-3-13-31-21)27-15-17-6-7-20(19(24)14-17)32-18-4-2-8-26-16-18/h2-8,13-14,16H,9-12,15H2,1H3,(H,25,27). The van der Waals surface area contributed by atoms with Crippen molar-refractivity contribution in [3.05, 3.63) is 78.3 Å². The maximum atomic E-state index is 14.5. The zero-order chi connectivity index (χ0) is 22.3. The molecule has 0 aliphatic carbocycles. The Morgan fingerprint density at radius 1 is 1.19 bits per heavy atom. The van der Waals surface area contributed by atoms with Gasteiger partial charge in [0.15, 0.2) is 23.3 Å². The molecule has 1 aliphatic heterocycles. The van der Waals surface area contributed by atoms with E-state index in [1.807, 2.05) is 0 Å². The molecule has 0 bridgehead atoms. The topological polar surface area (TPSA) is 83.2 Å². The van der Waals surface area contributed by atoms with Crippen LogP contribution in [0.15, 0.2) is 70.5 Å². The van der Waals surface area contributed by atoms with Crippen molar-refractivity contribution in [1.29, 1.82) is 0 Å². The molecule has 166 valence electrons. The lowest BCUT2D eigenvalue weighted by Crippen LogP contribution is -2.53. The summed E-state index contributed by atoms with van der Waals surface area (Å²) < 4.78 is 25.2. The molecule has 1 fully saturated rings. The van der Waals surface area contributed by atoms with Crippen molar-refractivity contribution in [1.82, 2.24) is 20.1 Å². The maximum Gasteiger partial charge on any atom is 0.289 e. The molecule has 1 saturated heterocycles. The van der Waals surface area contributed by atoms with Crippen LogP contribution in [0.3, 0.4) is 0 Å². The van der Waals surface area contributed by atoms with Gasteiger partial charge < -0.3 is 24.3 Å². The van der Waals surface area contributed by atoms with Crippen molar-refractivity contribution in [2.75, 3.05) is 33.2 Å². The van der Waals surface area contributed by atoms with Crippen LogP contribution in [-0.4, -0.2) is 59.9 Å². The number of nitrogens with zero attached hydrogens (tertiary/aromatic N) is 4. The van der Waals surface area contributed by atoms with Crippen LogP contribution in [0.4, 0.5) is 4.39 Å². The number of nitrogens with one attached hydrogen (secondary N) is 1. The number of hydrogen-bond acceptors (Lipinski definition) is 5. The first-order chi connectivity index (χ1) is 15.6. The van der Waals surface area contributed by atoms with Crippen LogP contribution in [0.25, 0.3) is 0 Å². The highest BCUT2D eigenvalue weighted by Crippen LogP contribution is 2.24. The number of aliphatic imine (C=N–C) groups is 1. The summed E-state index contributed by atoms with van der Waals surface area (Å²) in [5.74, 6) is 1.10. The van der Waals surface area contributed by atoms with Gasteiger partial charge in [0.2, 0.25) is 0 Å². The van der Waals surface area contributed by atoms with Gasteiger partial charge in [0.05, 0.1) is 12.5 Å². The van der Waals surface area contributed by atoms with Crippen LogP contribution in [0.2, 0.25) is 0 Å². The van der Waals surface area contributed by atoms with Crippen LogP contribution in [0, 0.1) is 5.82 Å². The molecule has 0 unspecified atom stereocenters. The summed E-state index contributed by atoms with van der Waals surface area (Å²) in [5.41, 5.74) is 0.758. The number of carbonyl (C=O) groups excluding carboxylic acids is 1. The van der Waals surface area contributed by atoms with Crippen LogP contribution >= 0.6 is 0 Å². The number of pyridine rings is 1. The largest absolute Gasteiger partial charge is 0.459 e. The Hall–Kier alpha value is -3.88. The van der Waals surface area contributed by atoms with Crippen LogP contribution in [0.1, 0.15) is 16.1 Å². The minimum atomic E-state index is -0.451. The molecule has 1 aliphatic rings. The fourth-order valence-corrected chi connectivity index (χ4v) is 3.46. The van der Waals surface area contributed by atoms with E-state index in [0.29, 0.717) is 50.2 Å². The Morgan fingerprint density at radius 2 is 2.00 bits per heavy atom. The molecule has 1 aromatic carbocycles. The molecule has 0 atom stereocenters. The lowest BCUT2D eigenvalue weighted by molar-refractivity contribution is 0.0657. The molecule has 4 rings (SSSR count). The molecule has 32 heavy (non-hydrogen) atoms. The molecule has 1 N–H and O–H groups in total. The number of aromatic nitrogens is 1. The minimum absolute atomic E-state index is 0.110. The number of benzene rings is 1. The highest BCUT2D eigenvalue weighted by Gasteiger charge is 2.25. The van der Waals surface area contributed by atoms with Crippen LogP contribution in [0.5, 0.6) is 11.5 Å². The van der Waals surface area contributed by atoms with Crippen molar-refractivity contribution < 1.29 is 18.3 Å². The number of furan rings is 1. The monoisotopic (exact) mass is 437 g/mol. The number of rotatable bonds is 5. The van der Waals surface area contributed by atoms with Gasteiger partial charge in [-0.05, 0) is 42.0 Å². The second-order valence-electron chi connectivity index (χ2n) is 7.21. The molecular formula is C23H24FN5O3. The Bertz CT molecular complexity index is 1060. The predicted octanol–water partition coefficient (Wildman–Crippen LogP) is 3.14. The van der Waals surface area contributed by atoms with E-state index in [4.69, 9.17) is 9.15 Å². The van der Waals surface area contributed by atoms with E-state index in [9.17, 15) is 9.18 Å². The first kappa shape index (κ1) is 21.4. The summed E-state index contributed by atoms with van der Waals surface area (Å²) in [5, 5.41) is 3.26. The average molecular weight is 437 g/mol. The molecule has 1 amide bonds. The van der Waals surface area contributed by atoms with E-state index in [0.717, 1.165) is 5.56 Å². The van der Waals surface area contributed by atoms with E-state index >= 15 is 0 Å². The molecule has 9 heteroatoms. The van der Waals surface area contributed by atoms with E-state index in [1.54, 1.807) is 54.5 Å². The Labute approximate surface area is 185 Å². The van der Waals surface area contributed by atoms with Gasteiger partial charge in [-0.1, -0.05) is 6.07 Å². The number of carbonyl (C=O) groups is 1. The van der Waals surface area contributed by atoms with Crippen LogP contribution < -0.4 is 10.1 Å². The number of ether oxygens (including phenoxy) is 1. The first-order valence-corrected chi connectivity index (χ1v) is 10.3. The second-order valence-corrected chi connectivity index (χ2v) is 7.21. The molecular weight excluding hydrogens is 413 g/mol.